The van der Waals surface area contributed by atoms with Gasteiger partial charge in [-0.05, 0) is 32.9 Å². The van der Waals surface area contributed by atoms with Gasteiger partial charge < -0.3 is 14.8 Å². The number of rotatable bonds is 5. The highest BCUT2D eigenvalue weighted by Gasteiger charge is 2.17. The molecule has 0 aliphatic carbocycles. The summed E-state index contributed by atoms with van der Waals surface area (Å²) in [5.41, 5.74) is -0.0666. The Morgan fingerprint density at radius 1 is 1.56 bits per heavy atom. The third-order valence-electron chi connectivity index (χ3n) is 3.29. The number of nitrogens with one attached hydrogen (secondary N) is 1. The molecule has 2 rings (SSSR count). The van der Waals surface area contributed by atoms with Crippen molar-refractivity contribution in [2.45, 2.75) is 32.2 Å². The predicted molar refractivity (Wildman–Crippen MR) is 66.8 cm³/mol. The molecule has 6 heteroatoms. The largest absolute Gasteiger partial charge is 0.476 e. The van der Waals surface area contributed by atoms with Crippen molar-refractivity contribution in [3.05, 3.63) is 12.0 Å². The Morgan fingerprint density at radius 3 is 2.89 bits per heavy atom. The Hall–Kier alpha value is -1.56. The molecule has 1 fully saturated rings. The molecule has 1 unspecified atom stereocenters. The van der Waals surface area contributed by atoms with E-state index < -0.39 is 5.97 Å². The zero-order valence-corrected chi connectivity index (χ0v) is 10.6. The van der Waals surface area contributed by atoms with Gasteiger partial charge in [-0.1, -0.05) is 6.42 Å². The van der Waals surface area contributed by atoms with Gasteiger partial charge in [0.05, 0.1) is 0 Å². The molecule has 1 aliphatic rings. The van der Waals surface area contributed by atoms with E-state index in [0.29, 0.717) is 12.6 Å². The minimum atomic E-state index is -1.07. The van der Waals surface area contributed by atoms with E-state index in [9.17, 15) is 4.79 Å². The molecule has 0 bridgehead atoms. The van der Waals surface area contributed by atoms with E-state index >= 15 is 0 Å². The van der Waals surface area contributed by atoms with E-state index in [-0.39, 0.29) is 11.7 Å². The van der Waals surface area contributed by atoms with Gasteiger partial charge in [-0.2, -0.15) is 4.98 Å². The summed E-state index contributed by atoms with van der Waals surface area (Å²) >= 11 is 0. The zero-order valence-electron chi connectivity index (χ0n) is 10.6. The normalized spacial score (nSPS) is 18.5. The first kappa shape index (κ1) is 12.9. The lowest BCUT2D eigenvalue weighted by molar-refractivity contribution is 0.0690. The van der Waals surface area contributed by atoms with Gasteiger partial charge in [-0.25, -0.2) is 4.79 Å². The lowest BCUT2D eigenvalue weighted by Gasteiger charge is -2.32. The molecule has 18 heavy (non-hydrogen) atoms. The van der Waals surface area contributed by atoms with Crippen molar-refractivity contribution in [1.29, 1.82) is 0 Å². The van der Waals surface area contributed by atoms with Crippen LogP contribution < -0.4 is 5.32 Å². The van der Waals surface area contributed by atoms with Gasteiger partial charge in [0.2, 0.25) is 0 Å². The summed E-state index contributed by atoms with van der Waals surface area (Å²) in [4.78, 5) is 16.9. The SMILES string of the molecule is CC(CNc1nc(C(=O)O)co1)N1CCCCC1. The Balaban J connectivity index is 1.80. The summed E-state index contributed by atoms with van der Waals surface area (Å²) in [6.07, 6.45) is 4.98. The number of aromatic carboxylic acids is 1. The molecule has 1 aromatic heterocycles. The second-order valence-electron chi connectivity index (χ2n) is 4.67. The number of carboxylic acids is 1. The van der Waals surface area contributed by atoms with E-state index in [2.05, 4.69) is 22.1 Å². The van der Waals surface area contributed by atoms with Crippen molar-refractivity contribution in [2.75, 3.05) is 25.0 Å². The maximum absolute atomic E-state index is 10.6. The van der Waals surface area contributed by atoms with Crippen molar-refractivity contribution in [3.63, 3.8) is 0 Å². The number of hydrogen-bond donors (Lipinski definition) is 2. The number of likely N-dealkylation sites (tertiary alicyclic amines) is 1. The van der Waals surface area contributed by atoms with E-state index in [4.69, 9.17) is 9.52 Å². The van der Waals surface area contributed by atoms with Crippen LogP contribution in [0.4, 0.5) is 6.01 Å². The molecular formula is C12H19N3O3. The van der Waals surface area contributed by atoms with Crippen molar-refractivity contribution >= 4 is 12.0 Å². The first-order valence-electron chi connectivity index (χ1n) is 6.33. The summed E-state index contributed by atoms with van der Waals surface area (Å²) in [5.74, 6) is -1.07. The third kappa shape index (κ3) is 3.22. The molecule has 2 heterocycles. The summed E-state index contributed by atoms with van der Waals surface area (Å²) in [7, 11) is 0. The molecule has 1 aromatic rings. The number of aromatic nitrogens is 1. The van der Waals surface area contributed by atoms with Gasteiger partial charge in [0.1, 0.15) is 6.26 Å². The molecule has 1 saturated heterocycles. The van der Waals surface area contributed by atoms with Gasteiger partial charge in [0.25, 0.3) is 6.01 Å². The molecule has 0 amide bonds. The monoisotopic (exact) mass is 253 g/mol. The first-order valence-corrected chi connectivity index (χ1v) is 6.33. The summed E-state index contributed by atoms with van der Waals surface area (Å²) < 4.78 is 5.04. The third-order valence-corrected chi connectivity index (χ3v) is 3.29. The number of piperidine rings is 1. The van der Waals surface area contributed by atoms with E-state index in [0.717, 1.165) is 19.4 Å². The van der Waals surface area contributed by atoms with Crippen LogP contribution in [0.2, 0.25) is 0 Å². The second-order valence-corrected chi connectivity index (χ2v) is 4.67. The van der Waals surface area contributed by atoms with Crippen LogP contribution >= 0.6 is 0 Å². The highest BCUT2D eigenvalue weighted by Crippen LogP contribution is 2.13. The van der Waals surface area contributed by atoms with Gasteiger partial charge in [0.15, 0.2) is 5.69 Å². The van der Waals surface area contributed by atoms with Crippen molar-refractivity contribution in [2.24, 2.45) is 0 Å². The quantitative estimate of drug-likeness (QED) is 0.831. The number of carbonyl (C=O) groups is 1. The number of hydrogen-bond acceptors (Lipinski definition) is 5. The predicted octanol–water partition coefficient (Wildman–Crippen LogP) is 1.66. The minimum absolute atomic E-state index is 0.0666. The minimum Gasteiger partial charge on any atom is -0.476 e. The molecule has 100 valence electrons. The van der Waals surface area contributed by atoms with Crippen LogP contribution in [-0.2, 0) is 0 Å². The maximum Gasteiger partial charge on any atom is 0.357 e. The van der Waals surface area contributed by atoms with E-state index in [1.807, 2.05) is 0 Å². The van der Waals surface area contributed by atoms with Gasteiger partial charge in [0, 0.05) is 12.6 Å². The summed E-state index contributed by atoms with van der Waals surface area (Å²) in [6, 6.07) is 0.668. The fourth-order valence-electron chi connectivity index (χ4n) is 2.18. The van der Waals surface area contributed by atoms with E-state index in [1.165, 1.54) is 19.3 Å². The average Bonchev–Trinajstić information content (AvgIpc) is 2.86. The Labute approximate surface area is 106 Å². The Kier molecular flexibility index (Phi) is 4.19. The van der Waals surface area contributed by atoms with Crippen LogP contribution in [0.5, 0.6) is 0 Å². The molecule has 0 saturated carbocycles. The molecule has 1 aliphatic heterocycles. The molecular weight excluding hydrogens is 234 g/mol. The average molecular weight is 253 g/mol. The van der Waals surface area contributed by atoms with Gasteiger partial charge >= 0.3 is 5.97 Å². The second kappa shape index (κ2) is 5.86. The highest BCUT2D eigenvalue weighted by atomic mass is 16.4. The van der Waals surface area contributed by atoms with Crippen molar-refractivity contribution in [3.8, 4) is 0 Å². The lowest BCUT2D eigenvalue weighted by atomic mass is 10.1. The highest BCUT2D eigenvalue weighted by molar-refractivity contribution is 5.85. The molecule has 1 atom stereocenters. The number of carboxylic acid groups (broad SMARTS) is 1. The molecule has 2 N–H and O–H groups in total. The van der Waals surface area contributed by atoms with Crippen LogP contribution in [-0.4, -0.2) is 46.6 Å². The fourth-order valence-corrected chi connectivity index (χ4v) is 2.18. The van der Waals surface area contributed by atoms with Crippen LogP contribution in [0.3, 0.4) is 0 Å². The number of nitrogens with zero attached hydrogens (tertiary/aromatic N) is 2. The maximum atomic E-state index is 10.6. The standard InChI is InChI=1S/C12H19N3O3/c1-9(15-5-3-2-4-6-15)7-13-12-14-10(8-18-12)11(16)17/h8-9H,2-7H2,1H3,(H,13,14)(H,16,17). The topological polar surface area (TPSA) is 78.6 Å². The van der Waals surface area contributed by atoms with Gasteiger partial charge in [-0.15, -0.1) is 0 Å². The van der Waals surface area contributed by atoms with Gasteiger partial charge in [-0.3, -0.25) is 4.90 Å². The number of oxazole rings is 1. The summed E-state index contributed by atoms with van der Waals surface area (Å²) in [6.45, 7) is 5.13. The lowest BCUT2D eigenvalue weighted by Crippen LogP contribution is -2.41. The molecule has 6 nitrogen and oxygen atoms in total. The Morgan fingerprint density at radius 2 is 2.28 bits per heavy atom. The first-order chi connectivity index (χ1) is 8.66. The van der Waals surface area contributed by atoms with Crippen molar-refractivity contribution < 1.29 is 14.3 Å². The van der Waals surface area contributed by atoms with E-state index in [1.54, 1.807) is 0 Å². The van der Waals surface area contributed by atoms with Crippen LogP contribution in [0.25, 0.3) is 0 Å². The zero-order chi connectivity index (χ0) is 13.0. The van der Waals surface area contributed by atoms with Crippen LogP contribution in [0, 0.1) is 0 Å². The Bertz CT molecular complexity index is 399. The molecule has 0 aromatic carbocycles. The fraction of sp³-hybridized carbons (Fsp3) is 0.667. The van der Waals surface area contributed by atoms with Crippen molar-refractivity contribution in [1.82, 2.24) is 9.88 Å². The summed E-state index contributed by atoms with van der Waals surface area (Å²) in [5, 5.41) is 11.8. The van der Waals surface area contributed by atoms with Crippen LogP contribution in [0.15, 0.2) is 10.7 Å². The van der Waals surface area contributed by atoms with Crippen LogP contribution in [0.1, 0.15) is 36.7 Å². The molecule has 0 radical (unpaired) electrons. The molecule has 0 spiro atoms. The number of anilines is 1. The smallest absolute Gasteiger partial charge is 0.357 e.